The van der Waals surface area contributed by atoms with Gasteiger partial charge >= 0.3 is 0 Å². The molecule has 98 valence electrons. The summed E-state index contributed by atoms with van der Waals surface area (Å²) in [5.41, 5.74) is 1.11. The summed E-state index contributed by atoms with van der Waals surface area (Å²) in [5, 5.41) is 8.41. The van der Waals surface area contributed by atoms with E-state index in [1.807, 2.05) is 18.8 Å². The predicted molar refractivity (Wildman–Crippen MR) is 73.3 cm³/mol. The van der Waals surface area contributed by atoms with Crippen molar-refractivity contribution in [3.8, 4) is 0 Å². The van der Waals surface area contributed by atoms with Crippen molar-refractivity contribution in [3.63, 3.8) is 0 Å². The van der Waals surface area contributed by atoms with Crippen molar-refractivity contribution in [1.29, 1.82) is 0 Å². The first-order valence-electron chi connectivity index (χ1n) is 6.50. The normalized spacial score (nSPS) is 13.3. The third-order valence-electron chi connectivity index (χ3n) is 3.33. The van der Waals surface area contributed by atoms with E-state index in [9.17, 15) is 0 Å². The van der Waals surface area contributed by atoms with Crippen molar-refractivity contribution in [2.45, 2.75) is 45.6 Å². The molecular weight excluding hydrogens is 234 g/mol. The lowest BCUT2D eigenvalue weighted by Crippen LogP contribution is -2.27. The maximum absolute atomic E-state index is 6.24. The molecule has 0 aliphatic rings. The molecule has 1 aromatic rings. The molecule has 1 heterocycles. The van der Waals surface area contributed by atoms with Crippen LogP contribution in [-0.2, 0) is 7.05 Å². The summed E-state index contributed by atoms with van der Waals surface area (Å²) in [4.78, 5) is 0. The summed E-state index contributed by atoms with van der Waals surface area (Å²) < 4.78 is 1.89. The Hall–Kier alpha value is -0.540. The van der Waals surface area contributed by atoms with E-state index in [0.717, 1.165) is 10.7 Å². The fraction of sp³-hybridized carbons (Fsp3) is 0.769. The molecule has 0 spiro atoms. The van der Waals surface area contributed by atoms with Crippen molar-refractivity contribution in [1.82, 2.24) is 15.1 Å². The first kappa shape index (κ1) is 14.5. The molecule has 0 fully saturated rings. The number of hydrogen-bond acceptors (Lipinski definition) is 2. The summed E-state index contributed by atoms with van der Waals surface area (Å²) >= 11 is 6.24. The van der Waals surface area contributed by atoms with Crippen molar-refractivity contribution < 1.29 is 0 Å². The van der Waals surface area contributed by atoms with Crippen molar-refractivity contribution in [2.24, 2.45) is 13.0 Å². The van der Waals surface area contributed by atoms with Gasteiger partial charge in [0.25, 0.3) is 0 Å². The number of aromatic nitrogens is 2. The van der Waals surface area contributed by atoms with Crippen molar-refractivity contribution >= 4 is 11.6 Å². The predicted octanol–water partition coefficient (Wildman–Crippen LogP) is 3.55. The summed E-state index contributed by atoms with van der Waals surface area (Å²) in [7, 11) is 3.97. The minimum absolute atomic E-state index is 0.301. The van der Waals surface area contributed by atoms with Crippen LogP contribution < -0.4 is 5.32 Å². The number of nitrogens with zero attached hydrogens (tertiary/aromatic N) is 2. The zero-order valence-electron chi connectivity index (χ0n) is 11.3. The summed E-state index contributed by atoms with van der Waals surface area (Å²) in [5.74, 6) is 0.628. The fourth-order valence-corrected chi connectivity index (χ4v) is 2.87. The highest BCUT2D eigenvalue weighted by atomic mass is 35.5. The minimum Gasteiger partial charge on any atom is -0.311 e. The van der Waals surface area contributed by atoms with Gasteiger partial charge < -0.3 is 5.32 Å². The van der Waals surface area contributed by atoms with Gasteiger partial charge in [-0.05, 0) is 25.8 Å². The molecular formula is C13H24ClN3. The molecule has 0 amide bonds. The zero-order chi connectivity index (χ0) is 12.8. The summed E-state index contributed by atoms with van der Waals surface area (Å²) in [6.45, 7) is 4.47. The monoisotopic (exact) mass is 257 g/mol. The topological polar surface area (TPSA) is 29.9 Å². The minimum atomic E-state index is 0.301. The van der Waals surface area contributed by atoms with Gasteiger partial charge in [0.15, 0.2) is 0 Å². The van der Waals surface area contributed by atoms with Gasteiger partial charge in [0, 0.05) is 7.05 Å². The maximum atomic E-state index is 6.24. The quantitative estimate of drug-likeness (QED) is 0.810. The molecule has 0 saturated carbocycles. The molecule has 1 atom stereocenters. The van der Waals surface area contributed by atoms with E-state index in [1.165, 1.54) is 25.7 Å². The molecule has 0 saturated heterocycles. The molecule has 1 aromatic heterocycles. The molecule has 1 rings (SSSR count). The molecule has 4 heteroatoms. The van der Waals surface area contributed by atoms with Gasteiger partial charge in [-0.25, -0.2) is 0 Å². The third-order valence-corrected chi connectivity index (χ3v) is 3.62. The van der Waals surface area contributed by atoms with Crippen LogP contribution in [0.4, 0.5) is 0 Å². The first-order valence-corrected chi connectivity index (χ1v) is 6.88. The van der Waals surface area contributed by atoms with Gasteiger partial charge in [0.2, 0.25) is 0 Å². The molecule has 0 aliphatic carbocycles. The smallest absolute Gasteiger partial charge is 0.0834 e. The standard InChI is InChI=1S/C13H24ClN3/c1-5-7-10(8-6-2)12(15-3)13-11(14)9-16-17(13)4/h9-10,12,15H,5-8H2,1-4H3. The van der Waals surface area contributed by atoms with Gasteiger partial charge in [-0.3, -0.25) is 4.68 Å². The van der Waals surface area contributed by atoms with Crippen molar-refractivity contribution in [2.75, 3.05) is 7.05 Å². The highest BCUT2D eigenvalue weighted by molar-refractivity contribution is 6.31. The second-order valence-electron chi connectivity index (χ2n) is 4.61. The average molecular weight is 258 g/mol. The van der Waals surface area contributed by atoms with Crippen LogP contribution in [0.3, 0.4) is 0 Å². The number of halogens is 1. The van der Waals surface area contributed by atoms with Crippen LogP contribution in [0.25, 0.3) is 0 Å². The lowest BCUT2D eigenvalue weighted by molar-refractivity contribution is 0.318. The lowest BCUT2D eigenvalue weighted by Gasteiger charge is -2.27. The van der Waals surface area contributed by atoms with Crippen molar-refractivity contribution in [3.05, 3.63) is 16.9 Å². The van der Waals surface area contributed by atoms with Gasteiger partial charge in [-0.2, -0.15) is 5.10 Å². The van der Waals surface area contributed by atoms with Crippen LogP contribution in [0, 0.1) is 5.92 Å². The molecule has 0 radical (unpaired) electrons. The van der Waals surface area contributed by atoms with Crippen LogP contribution in [0.15, 0.2) is 6.20 Å². The van der Waals surface area contributed by atoms with E-state index in [-0.39, 0.29) is 0 Å². The number of rotatable bonds is 7. The first-order chi connectivity index (χ1) is 8.15. The van der Waals surface area contributed by atoms with E-state index < -0.39 is 0 Å². The summed E-state index contributed by atoms with van der Waals surface area (Å²) in [6.07, 6.45) is 6.59. The highest BCUT2D eigenvalue weighted by Gasteiger charge is 2.25. The molecule has 1 unspecified atom stereocenters. The van der Waals surface area contributed by atoms with E-state index >= 15 is 0 Å². The second-order valence-corrected chi connectivity index (χ2v) is 5.01. The average Bonchev–Trinajstić information content (AvgIpc) is 2.62. The highest BCUT2D eigenvalue weighted by Crippen LogP contribution is 2.32. The van der Waals surface area contributed by atoms with Crippen LogP contribution in [0.5, 0.6) is 0 Å². The Morgan fingerprint density at radius 3 is 2.29 bits per heavy atom. The Morgan fingerprint density at radius 2 is 1.94 bits per heavy atom. The van der Waals surface area contributed by atoms with E-state index in [4.69, 9.17) is 11.6 Å². The van der Waals surface area contributed by atoms with Gasteiger partial charge in [-0.1, -0.05) is 38.3 Å². The number of aryl methyl sites for hydroxylation is 1. The summed E-state index contributed by atoms with van der Waals surface area (Å²) in [6, 6.07) is 0.301. The number of hydrogen-bond donors (Lipinski definition) is 1. The molecule has 17 heavy (non-hydrogen) atoms. The molecule has 0 bridgehead atoms. The van der Waals surface area contributed by atoms with Crippen LogP contribution in [0.1, 0.15) is 51.3 Å². The third kappa shape index (κ3) is 3.46. The second kappa shape index (κ2) is 7.02. The Morgan fingerprint density at radius 1 is 1.35 bits per heavy atom. The van der Waals surface area contributed by atoms with E-state index in [1.54, 1.807) is 6.20 Å². The van der Waals surface area contributed by atoms with Gasteiger partial charge in [0.1, 0.15) is 0 Å². The Balaban J connectivity index is 2.95. The largest absolute Gasteiger partial charge is 0.311 e. The SMILES string of the molecule is CCCC(CCC)C(NC)c1c(Cl)cnn1C. The lowest BCUT2D eigenvalue weighted by atomic mass is 9.88. The maximum Gasteiger partial charge on any atom is 0.0834 e. The van der Waals surface area contributed by atoms with Crippen LogP contribution >= 0.6 is 11.6 Å². The zero-order valence-corrected chi connectivity index (χ0v) is 12.1. The van der Waals surface area contributed by atoms with Crippen LogP contribution in [-0.4, -0.2) is 16.8 Å². The Labute approximate surface area is 110 Å². The van der Waals surface area contributed by atoms with Crippen LogP contribution in [0.2, 0.25) is 5.02 Å². The Bertz CT molecular complexity index is 310. The number of nitrogens with one attached hydrogen (secondary N) is 1. The molecule has 3 nitrogen and oxygen atoms in total. The molecule has 0 aromatic carbocycles. The van der Waals surface area contributed by atoms with Gasteiger partial charge in [-0.15, -0.1) is 0 Å². The molecule has 0 aliphatic heterocycles. The Kier molecular flexibility index (Phi) is 6.00. The molecule has 1 N–H and O–H groups in total. The fourth-order valence-electron chi connectivity index (χ4n) is 2.58. The van der Waals surface area contributed by atoms with E-state index in [0.29, 0.717) is 12.0 Å². The van der Waals surface area contributed by atoms with E-state index in [2.05, 4.69) is 24.3 Å². The van der Waals surface area contributed by atoms with Gasteiger partial charge in [0.05, 0.1) is 23.0 Å².